The molecular weight excluding hydrogens is 230 g/mol. The molecule has 2 rings (SSSR count). The molecule has 0 fully saturated rings. The van der Waals surface area contributed by atoms with Crippen molar-refractivity contribution in [3.63, 3.8) is 0 Å². The van der Waals surface area contributed by atoms with Crippen LogP contribution in [-0.2, 0) is 11.2 Å². The standard InChI is InChI=1S/C13H19N3O2/c1-3-13(14)8-7-10-11(6-5-9-15-10)16(13)12(17)18-4-2/h5-6,9H,3-4,7-8,14H2,1-2H3. The maximum atomic E-state index is 12.1. The highest BCUT2D eigenvalue weighted by Gasteiger charge is 2.41. The fourth-order valence-electron chi connectivity index (χ4n) is 2.32. The lowest BCUT2D eigenvalue weighted by Gasteiger charge is -2.43. The summed E-state index contributed by atoms with van der Waals surface area (Å²) < 4.78 is 5.11. The largest absolute Gasteiger partial charge is 0.449 e. The maximum absolute atomic E-state index is 12.1. The molecule has 1 amide bonds. The Morgan fingerprint density at radius 3 is 3.06 bits per heavy atom. The third-order valence-corrected chi connectivity index (χ3v) is 3.41. The Bertz CT molecular complexity index is 450. The quantitative estimate of drug-likeness (QED) is 0.871. The normalized spacial score (nSPS) is 22.5. The van der Waals surface area contributed by atoms with Gasteiger partial charge in [0.15, 0.2) is 0 Å². The van der Waals surface area contributed by atoms with E-state index in [1.807, 2.05) is 19.1 Å². The molecule has 0 saturated carbocycles. The molecule has 0 aromatic carbocycles. The van der Waals surface area contributed by atoms with E-state index >= 15 is 0 Å². The average Bonchev–Trinajstić information content (AvgIpc) is 2.38. The molecule has 1 aromatic rings. The third kappa shape index (κ3) is 2.06. The molecule has 1 aliphatic rings. The van der Waals surface area contributed by atoms with Crippen LogP contribution in [0.3, 0.4) is 0 Å². The van der Waals surface area contributed by atoms with Gasteiger partial charge in [0.05, 0.1) is 23.7 Å². The van der Waals surface area contributed by atoms with Crippen LogP contribution in [-0.4, -0.2) is 23.3 Å². The summed E-state index contributed by atoms with van der Waals surface area (Å²) in [6, 6.07) is 3.68. The Labute approximate surface area is 107 Å². The third-order valence-electron chi connectivity index (χ3n) is 3.41. The minimum atomic E-state index is -0.678. The summed E-state index contributed by atoms with van der Waals surface area (Å²) in [6.45, 7) is 4.11. The number of ether oxygens (including phenoxy) is 1. The Hall–Kier alpha value is -1.62. The first-order chi connectivity index (χ1) is 8.62. The summed E-state index contributed by atoms with van der Waals surface area (Å²) in [5.74, 6) is 0. The highest BCUT2D eigenvalue weighted by molar-refractivity contribution is 5.90. The van der Waals surface area contributed by atoms with Crippen LogP contribution in [0.1, 0.15) is 32.4 Å². The molecule has 1 aliphatic heterocycles. The monoisotopic (exact) mass is 249 g/mol. The number of aromatic nitrogens is 1. The molecule has 0 aliphatic carbocycles. The number of rotatable bonds is 2. The predicted molar refractivity (Wildman–Crippen MR) is 69.3 cm³/mol. The minimum absolute atomic E-state index is 0.338. The van der Waals surface area contributed by atoms with Gasteiger partial charge in [-0.05, 0) is 38.3 Å². The lowest BCUT2D eigenvalue weighted by atomic mass is 9.92. The smallest absolute Gasteiger partial charge is 0.415 e. The molecular formula is C13H19N3O2. The van der Waals surface area contributed by atoms with Crippen LogP contribution < -0.4 is 10.6 Å². The summed E-state index contributed by atoms with van der Waals surface area (Å²) in [5.41, 5.74) is 7.34. The van der Waals surface area contributed by atoms with Crippen molar-refractivity contribution < 1.29 is 9.53 Å². The molecule has 2 heterocycles. The van der Waals surface area contributed by atoms with Gasteiger partial charge < -0.3 is 10.5 Å². The number of nitrogens with zero attached hydrogens (tertiary/aromatic N) is 2. The van der Waals surface area contributed by atoms with Gasteiger partial charge in [-0.1, -0.05) is 6.92 Å². The van der Waals surface area contributed by atoms with E-state index in [1.54, 1.807) is 18.0 Å². The summed E-state index contributed by atoms with van der Waals surface area (Å²) in [6.07, 6.45) is 3.51. The van der Waals surface area contributed by atoms with E-state index in [0.29, 0.717) is 19.4 Å². The van der Waals surface area contributed by atoms with Crippen molar-refractivity contribution in [3.8, 4) is 0 Å². The topological polar surface area (TPSA) is 68.5 Å². The molecule has 1 atom stereocenters. The van der Waals surface area contributed by atoms with Gasteiger partial charge in [0, 0.05) is 6.20 Å². The van der Waals surface area contributed by atoms with Gasteiger partial charge in [0.1, 0.15) is 0 Å². The SMILES string of the molecule is CCOC(=O)N1c2cccnc2CCC1(N)CC. The van der Waals surface area contributed by atoms with Crippen LogP contribution in [0, 0.1) is 0 Å². The Morgan fingerprint density at radius 1 is 1.61 bits per heavy atom. The molecule has 0 saturated heterocycles. The van der Waals surface area contributed by atoms with Gasteiger partial charge in [-0.25, -0.2) is 4.79 Å². The second-order valence-corrected chi connectivity index (χ2v) is 4.46. The van der Waals surface area contributed by atoms with Gasteiger partial charge in [-0.2, -0.15) is 0 Å². The van der Waals surface area contributed by atoms with E-state index in [4.69, 9.17) is 10.5 Å². The van der Waals surface area contributed by atoms with Crippen LogP contribution in [0.25, 0.3) is 0 Å². The second-order valence-electron chi connectivity index (χ2n) is 4.46. The minimum Gasteiger partial charge on any atom is -0.449 e. The number of hydrogen-bond donors (Lipinski definition) is 1. The van der Waals surface area contributed by atoms with Gasteiger partial charge in [-0.3, -0.25) is 9.88 Å². The highest BCUT2D eigenvalue weighted by atomic mass is 16.6. The number of aryl methyl sites for hydroxylation is 1. The lowest BCUT2D eigenvalue weighted by molar-refractivity contribution is 0.148. The van der Waals surface area contributed by atoms with Crippen molar-refractivity contribution in [2.24, 2.45) is 5.73 Å². The molecule has 0 bridgehead atoms. The van der Waals surface area contributed by atoms with Crippen LogP contribution in [0.2, 0.25) is 0 Å². The molecule has 2 N–H and O–H groups in total. The molecule has 1 aromatic heterocycles. The van der Waals surface area contributed by atoms with E-state index in [0.717, 1.165) is 17.8 Å². The Morgan fingerprint density at radius 2 is 2.39 bits per heavy atom. The van der Waals surface area contributed by atoms with Crippen LogP contribution >= 0.6 is 0 Å². The number of amides is 1. The van der Waals surface area contributed by atoms with Crippen LogP contribution in [0.5, 0.6) is 0 Å². The van der Waals surface area contributed by atoms with Crippen molar-refractivity contribution in [1.29, 1.82) is 0 Å². The van der Waals surface area contributed by atoms with Crippen molar-refractivity contribution >= 4 is 11.8 Å². The zero-order valence-electron chi connectivity index (χ0n) is 10.8. The number of nitrogens with two attached hydrogens (primary N) is 1. The molecule has 5 nitrogen and oxygen atoms in total. The molecule has 18 heavy (non-hydrogen) atoms. The Balaban J connectivity index is 2.44. The summed E-state index contributed by atoms with van der Waals surface area (Å²) in [7, 11) is 0. The van der Waals surface area contributed by atoms with Crippen molar-refractivity contribution in [2.45, 2.75) is 38.8 Å². The molecule has 0 spiro atoms. The number of carbonyl (C=O) groups is 1. The highest BCUT2D eigenvalue weighted by Crippen LogP contribution is 2.35. The number of pyridine rings is 1. The fourth-order valence-corrected chi connectivity index (χ4v) is 2.32. The van der Waals surface area contributed by atoms with Crippen molar-refractivity contribution in [2.75, 3.05) is 11.5 Å². The zero-order chi connectivity index (χ0) is 13.2. The maximum Gasteiger partial charge on any atom is 0.415 e. The van der Waals surface area contributed by atoms with Crippen molar-refractivity contribution in [1.82, 2.24) is 4.98 Å². The van der Waals surface area contributed by atoms with Crippen LogP contribution in [0.4, 0.5) is 10.5 Å². The number of anilines is 1. The van der Waals surface area contributed by atoms with Gasteiger partial charge in [0.25, 0.3) is 0 Å². The number of hydrogen-bond acceptors (Lipinski definition) is 4. The van der Waals surface area contributed by atoms with Crippen molar-refractivity contribution in [3.05, 3.63) is 24.0 Å². The van der Waals surface area contributed by atoms with E-state index in [9.17, 15) is 4.79 Å². The van der Waals surface area contributed by atoms with Gasteiger partial charge in [0.2, 0.25) is 0 Å². The van der Waals surface area contributed by atoms with Gasteiger partial charge in [-0.15, -0.1) is 0 Å². The molecule has 98 valence electrons. The molecule has 1 unspecified atom stereocenters. The zero-order valence-corrected chi connectivity index (χ0v) is 10.8. The summed E-state index contributed by atoms with van der Waals surface area (Å²) >= 11 is 0. The average molecular weight is 249 g/mol. The first-order valence-corrected chi connectivity index (χ1v) is 6.32. The van der Waals surface area contributed by atoms with E-state index in [-0.39, 0.29) is 0 Å². The number of carbonyl (C=O) groups excluding carboxylic acids is 1. The van der Waals surface area contributed by atoms with E-state index in [2.05, 4.69) is 4.98 Å². The molecule has 5 heteroatoms. The van der Waals surface area contributed by atoms with E-state index < -0.39 is 11.8 Å². The first-order valence-electron chi connectivity index (χ1n) is 6.32. The lowest BCUT2D eigenvalue weighted by Crippen LogP contribution is -2.61. The second kappa shape index (κ2) is 4.94. The van der Waals surface area contributed by atoms with Gasteiger partial charge >= 0.3 is 6.09 Å². The Kier molecular flexibility index (Phi) is 3.52. The predicted octanol–water partition coefficient (Wildman–Crippen LogP) is 2.06. The number of fused-ring (bicyclic) bond motifs is 1. The summed E-state index contributed by atoms with van der Waals surface area (Å²) in [5, 5.41) is 0. The fraction of sp³-hybridized carbons (Fsp3) is 0.538. The van der Waals surface area contributed by atoms with Crippen LogP contribution in [0.15, 0.2) is 18.3 Å². The van der Waals surface area contributed by atoms with E-state index in [1.165, 1.54) is 0 Å². The molecule has 0 radical (unpaired) electrons. The summed E-state index contributed by atoms with van der Waals surface area (Å²) in [4.78, 5) is 18.0. The first kappa shape index (κ1) is 12.8.